The van der Waals surface area contributed by atoms with Crippen LogP contribution in [0.15, 0.2) is 29.0 Å². The van der Waals surface area contributed by atoms with E-state index in [-0.39, 0.29) is 6.04 Å². The van der Waals surface area contributed by atoms with Crippen molar-refractivity contribution in [2.24, 2.45) is 0 Å². The van der Waals surface area contributed by atoms with Crippen molar-refractivity contribution in [1.82, 2.24) is 9.55 Å². The molecule has 0 saturated carbocycles. The number of fused-ring (bicyclic) bond motifs is 1. The summed E-state index contributed by atoms with van der Waals surface area (Å²) >= 11 is 20.0. The van der Waals surface area contributed by atoms with E-state index in [2.05, 4.69) is 33.3 Å². The molecule has 1 aromatic carbocycles. The maximum absolute atomic E-state index is 6.16. The van der Waals surface area contributed by atoms with E-state index in [0.29, 0.717) is 15.9 Å². The molecule has 0 radical (unpaired) electrons. The molecule has 0 aliphatic heterocycles. The molecule has 1 atom stereocenters. The van der Waals surface area contributed by atoms with Crippen LogP contribution in [0.4, 0.5) is 0 Å². The Balaban J connectivity index is 2.09. The van der Waals surface area contributed by atoms with E-state index < -0.39 is 0 Å². The Morgan fingerprint density at radius 2 is 2.05 bits per heavy atom. The lowest BCUT2D eigenvalue weighted by Crippen LogP contribution is -2.10. The molecule has 0 bridgehead atoms. The number of alkyl halides is 1. The largest absolute Gasteiger partial charge is 0.324 e. The molecule has 110 valence electrons. The fraction of sp³-hybridized carbons (Fsp3) is 0.267. The SMILES string of the molecule is CC(Cc1ccsc1)n1c(CCl)nc2cc(Cl)c(Cl)cc21. The lowest BCUT2D eigenvalue weighted by molar-refractivity contribution is 0.544. The van der Waals surface area contributed by atoms with Gasteiger partial charge in [-0.25, -0.2) is 4.98 Å². The summed E-state index contributed by atoms with van der Waals surface area (Å²) < 4.78 is 2.15. The van der Waals surface area contributed by atoms with Gasteiger partial charge in [-0.1, -0.05) is 23.2 Å². The van der Waals surface area contributed by atoms with Crippen molar-refractivity contribution in [2.45, 2.75) is 25.3 Å². The molecule has 21 heavy (non-hydrogen) atoms. The molecule has 3 aromatic rings. The van der Waals surface area contributed by atoms with Crippen LogP contribution in [0.3, 0.4) is 0 Å². The van der Waals surface area contributed by atoms with E-state index in [1.807, 2.05) is 6.07 Å². The summed E-state index contributed by atoms with van der Waals surface area (Å²) in [5, 5.41) is 5.31. The monoisotopic (exact) mass is 358 g/mol. The highest BCUT2D eigenvalue weighted by Gasteiger charge is 2.17. The van der Waals surface area contributed by atoms with Crippen LogP contribution in [0.2, 0.25) is 10.0 Å². The summed E-state index contributed by atoms with van der Waals surface area (Å²) in [7, 11) is 0. The number of hydrogen-bond acceptors (Lipinski definition) is 2. The quantitative estimate of drug-likeness (QED) is 0.526. The van der Waals surface area contributed by atoms with Crippen LogP contribution in [0.25, 0.3) is 11.0 Å². The molecule has 0 saturated heterocycles. The average molecular weight is 360 g/mol. The third kappa shape index (κ3) is 2.93. The van der Waals surface area contributed by atoms with Gasteiger partial charge in [0.2, 0.25) is 0 Å². The van der Waals surface area contributed by atoms with Crippen LogP contribution < -0.4 is 0 Å². The summed E-state index contributed by atoms with van der Waals surface area (Å²) in [6.07, 6.45) is 0.930. The Kier molecular flexibility index (Phi) is 4.46. The number of aromatic nitrogens is 2. The van der Waals surface area contributed by atoms with Crippen LogP contribution in [0.5, 0.6) is 0 Å². The molecule has 2 heterocycles. The second kappa shape index (κ2) is 6.17. The first kappa shape index (κ1) is 15.2. The first-order chi connectivity index (χ1) is 10.1. The lowest BCUT2D eigenvalue weighted by atomic mass is 10.1. The summed E-state index contributed by atoms with van der Waals surface area (Å²) in [4.78, 5) is 4.57. The second-order valence-electron chi connectivity index (χ2n) is 4.97. The number of imidazole rings is 1. The van der Waals surface area contributed by atoms with Crippen molar-refractivity contribution < 1.29 is 0 Å². The van der Waals surface area contributed by atoms with Crippen LogP contribution in [0, 0.1) is 0 Å². The molecule has 1 unspecified atom stereocenters. The summed E-state index contributed by atoms with van der Waals surface area (Å²) in [5.74, 6) is 1.20. The smallest absolute Gasteiger partial charge is 0.125 e. The molecule has 0 spiro atoms. The molecule has 0 aliphatic carbocycles. The zero-order valence-electron chi connectivity index (χ0n) is 11.3. The van der Waals surface area contributed by atoms with Gasteiger partial charge in [0, 0.05) is 6.04 Å². The van der Waals surface area contributed by atoms with Gasteiger partial charge >= 0.3 is 0 Å². The summed E-state index contributed by atoms with van der Waals surface area (Å²) in [6, 6.07) is 6.05. The third-order valence-corrected chi connectivity index (χ3v) is 5.17. The Morgan fingerprint density at radius 3 is 2.71 bits per heavy atom. The van der Waals surface area contributed by atoms with Crippen LogP contribution in [0.1, 0.15) is 24.4 Å². The van der Waals surface area contributed by atoms with E-state index in [9.17, 15) is 0 Å². The number of nitrogens with zero attached hydrogens (tertiary/aromatic N) is 2. The van der Waals surface area contributed by atoms with Crippen molar-refractivity contribution in [1.29, 1.82) is 0 Å². The van der Waals surface area contributed by atoms with Gasteiger partial charge in [-0.05, 0) is 47.9 Å². The second-order valence-corrected chi connectivity index (χ2v) is 6.83. The molecule has 2 nitrogen and oxygen atoms in total. The van der Waals surface area contributed by atoms with Crippen molar-refractivity contribution in [3.05, 3.63) is 50.4 Å². The first-order valence-electron chi connectivity index (χ1n) is 6.53. The molecular weight excluding hydrogens is 347 g/mol. The highest BCUT2D eigenvalue weighted by atomic mass is 35.5. The van der Waals surface area contributed by atoms with Crippen LogP contribution >= 0.6 is 46.1 Å². The van der Waals surface area contributed by atoms with E-state index in [4.69, 9.17) is 34.8 Å². The van der Waals surface area contributed by atoms with Crippen molar-refractivity contribution in [2.75, 3.05) is 0 Å². The first-order valence-corrected chi connectivity index (χ1v) is 8.76. The Hall–Kier alpha value is -0.740. The molecule has 0 amide bonds. The minimum Gasteiger partial charge on any atom is -0.324 e. The molecule has 3 rings (SSSR count). The number of benzene rings is 1. The maximum atomic E-state index is 6.16. The maximum Gasteiger partial charge on any atom is 0.125 e. The highest BCUT2D eigenvalue weighted by molar-refractivity contribution is 7.07. The van der Waals surface area contributed by atoms with Crippen molar-refractivity contribution >= 4 is 57.2 Å². The summed E-state index contributed by atoms with van der Waals surface area (Å²) in [6.45, 7) is 2.16. The van der Waals surface area contributed by atoms with Gasteiger partial charge < -0.3 is 4.57 Å². The molecule has 6 heteroatoms. The fourth-order valence-corrected chi connectivity index (χ4v) is 3.75. The zero-order chi connectivity index (χ0) is 15.0. The predicted molar refractivity (Wildman–Crippen MR) is 92.0 cm³/mol. The van der Waals surface area contributed by atoms with Gasteiger partial charge in [0.1, 0.15) is 5.82 Å². The van der Waals surface area contributed by atoms with Crippen LogP contribution in [-0.4, -0.2) is 9.55 Å². The van der Waals surface area contributed by atoms with Crippen molar-refractivity contribution in [3.63, 3.8) is 0 Å². The Bertz CT molecular complexity index is 765. The van der Waals surface area contributed by atoms with E-state index in [1.165, 1.54) is 5.56 Å². The fourth-order valence-electron chi connectivity index (χ4n) is 2.57. The molecule has 0 aliphatic rings. The minimum absolute atomic E-state index is 0.246. The summed E-state index contributed by atoms with van der Waals surface area (Å²) in [5.41, 5.74) is 3.12. The molecule has 0 N–H and O–H groups in total. The van der Waals surface area contributed by atoms with E-state index >= 15 is 0 Å². The Labute approximate surface area is 142 Å². The van der Waals surface area contributed by atoms with E-state index in [1.54, 1.807) is 17.4 Å². The molecule has 0 fully saturated rings. The van der Waals surface area contributed by atoms with Gasteiger partial charge in [-0.2, -0.15) is 11.3 Å². The number of thiophene rings is 1. The predicted octanol–water partition coefficient (Wildman–Crippen LogP) is 5.95. The standard InChI is InChI=1S/C15H13Cl3N2S/c1-9(4-10-2-3-21-8-10)20-14-6-12(18)11(17)5-13(14)19-15(20)7-16/h2-3,5-6,8-9H,4,7H2,1H3. The lowest BCUT2D eigenvalue weighted by Gasteiger charge is -2.16. The average Bonchev–Trinajstić information content (AvgIpc) is 3.06. The van der Waals surface area contributed by atoms with Crippen LogP contribution in [-0.2, 0) is 12.3 Å². The zero-order valence-corrected chi connectivity index (χ0v) is 14.4. The van der Waals surface area contributed by atoms with Gasteiger partial charge in [0.25, 0.3) is 0 Å². The van der Waals surface area contributed by atoms with Gasteiger partial charge in [-0.15, -0.1) is 11.6 Å². The highest BCUT2D eigenvalue weighted by Crippen LogP contribution is 2.31. The normalized spacial score (nSPS) is 13.0. The number of hydrogen-bond donors (Lipinski definition) is 0. The Morgan fingerprint density at radius 1 is 1.29 bits per heavy atom. The van der Waals surface area contributed by atoms with Gasteiger partial charge in [0.05, 0.1) is 27.0 Å². The minimum atomic E-state index is 0.246. The van der Waals surface area contributed by atoms with E-state index in [0.717, 1.165) is 23.3 Å². The van der Waals surface area contributed by atoms with Gasteiger partial charge in [0.15, 0.2) is 0 Å². The third-order valence-electron chi connectivity index (χ3n) is 3.48. The topological polar surface area (TPSA) is 17.8 Å². The van der Waals surface area contributed by atoms with Crippen molar-refractivity contribution in [3.8, 4) is 0 Å². The number of halogens is 3. The number of rotatable bonds is 4. The van der Waals surface area contributed by atoms with Gasteiger partial charge in [-0.3, -0.25) is 0 Å². The molecule has 2 aromatic heterocycles. The molecular formula is C15H13Cl3N2S.